The van der Waals surface area contributed by atoms with Gasteiger partial charge in [-0.2, -0.15) is 0 Å². The van der Waals surface area contributed by atoms with Crippen molar-refractivity contribution in [1.29, 1.82) is 0 Å². The van der Waals surface area contributed by atoms with E-state index in [0.29, 0.717) is 29.5 Å². The number of aryl methyl sites for hydroxylation is 2. The maximum absolute atomic E-state index is 13.6. The molecule has 4 rings (SSSR count). The van der Waals surface area contributed by atoms with Crippen LogP contribution < -0.4 is 10.6 Å². The van der Waals surface area contributed by atoms with Gasteiger partial charge < -0.3 is 10.6 Å². The lowest BCUT2D eigenvalue weighted by atomic mass is 10.0. The van der Waals surface area contributed by atoms with Gasteiger partial charge in [0, 0.05) is 36.6 Å². The van der Waals surface area contributed by atoms with Crippen molar-refractivity contribution in [3.63, 3.8) is 0 Å². The summed E-state index contributed by atoms with van der Waals surface area (Å²) < 4.78 is 13.6. The van der Waals surface area contributed by atoms with Crippen molar-refractivity contribution >= 4 is 23.3 Å². The summed E-state index contributed by atoms with van der Waals surface area (Å²) in [6, 6.07) is 14.0. The molecule has 0 bridgehead atoms. The first kappa shape index (κ1) is 22.9. The summed E-state index contributed by atoms with van der Waals surface area (Å²) in [5.41, 5.74) is 5.32. The van der Waals surface area contributed by atoms with Crippen molar-refractivity contribution in [3.05, 3.63) is 87.3 Å². The molecule has 33 heavy (non-hydrogen) atoms. The van der Waals surface area contributed by atoms with Gasteiger partial charge in [-0.3, -0.25) is 9.79 Å². The minimum Gasteiger partial charge on any atom is -0.370 e. The molecule has 1 aliphatic rings. The predicted octanol–water partition coefficient (Wildman–Crippen LogP) is 5.37. The number of amides is 1. The minimum absolute atomic E-state index is 0.274. The third-order valence-electron chi connectivity index (χ3n) is 5.63. The van der Waals surface area contributed by atoms with Crippen molar-refractivity contribution in [1.82, 2.24) is 15.6 Å². The van der Waals surface area contributed by atoms with Crippen molar-refractivity contribution in [3.8, 4) is 11.3 Å². The van der Waals surface area contributed by atoms with E-state index in [4.69, 9.17) is 11.6 Å². The summed E-state index contributed by atoms with van der Waals surface area (Å²) in [6.07, 6.45) is 1.99. The molecule has 1 aliphatic heterocycles. The molecule has 0 radical (unpaired) electrons. The van der Waals surface area contributed by atoms with Crippen molar-refractivity contribution < 1.29 is 9.18 Å². The highest BCUT2D eigenvalue weighted by molar-refractivity contribution is 6.31. The standard InChI is InChI=1S/C26H26ClFN4O/c1-16-11-20(28)6-7-21(16)23-12-19(15-30-25-4-3-9-29-25)13-24(32-23)26(33)31-14-18-5-8-22(27)17(2)10-18/h5-8,10-13H,3-4,9,14-15H2,1-2H3,(H,29,30)(H,31,33). The van der Waals surface area contributed by atoms with Crippen LogP contribution in [0.25, 0.3) is 11.3 Å². The highest BCUT2D eigenvalue weighted by Crippen LogP contribution is 2.24. The van der Waals surface area contributed by atoms with Gasteiger partial charge >= 0.3 is 0 Å². The molecule has 1 aromatic heterocycles. The first-order valence-electron chi connectivity index (χ1n) is 11.0. The zero-order valence-electron chi connectivity index (χ0n) is 18.7. The Balaban J connectivity index is 1.59. The normalized spacial score (nSPS) is 13.0. The Labute approximate surface area is 198 Å². The lowest BCUT2D eigenvalue weighted by Crippen LogP contribution is -2.25. The van der Waals surface area contributed by atoms with Gasteiger partial charge in [0.25, 0.3) is 5.91 Å². The van der Waals surface area contributed by atoms with E-state index in [1.807, 2.05) is 38.1 Å². The molecule has 7 heteroatoms. The van der Waals surface area contributed by atoms with Crippen molar-refractivity contribution in [2.45, 2.75) is 39.8 Å². The van der Waals surface area contributed by atoms with Gasteiger partial charge in [0.2, 0.25) is 0 Å². The summed E-state index contributed by atoms with van der Waals surface area (Å²) in [4.78, 5) is 22.1. The first-order chi connectivity index (χ1) is 15.9. The molecule has 0 fully saturated rings. The number of halogens is 2. The average molecular weight is 465 g/mol. The molecule has 170 valence electrons. The topological polar surface area (TPSA) is 66.4 Å². The van der Waals surface area contributed by atoms with E-state index >= 15 is 0 Å². The highest BCUT2D eigenvalue weighted by Gasteiger charge is 2.14. The number of rotatable bonds is 6. The summed E-state index contributed by atoms with van der Waals surface area (Å²) >= 11 is 6.10. The van der Waals surface area contributed by atoms with Gasteiger partial charge in [-0.15, -0.1) is 0 Å². The van der Waals surface area contributed by atoms with Crippen LogP contribution in [-0.4, -0.2) is 23.3 Å². The van der Waals surface area contributed by atoms with Crippen LogP contribution in [0.5, 0.6) is 0 Å². The Hall–Kier alpha value is -3.25. The quantitative estimate of drug-likeness (QED) is 0.515. The summed E-state index contributed by atoms with van der Waals surface area (Å²) in [5.74, 6) is 0.406. The van der Waals surface area contributed by atoms with Gasteiger partial charge in [-0.1, -0.05) is 23.7 Å². The molecule has 0 saturated carbocycles. The Bertz CT molecular complexity index is 1220. The maximum atomic E-state index is 13.6. The van der Waals surface area contributed by atoms with E-state index in [1.165, 1.54) is 12.1 Å². The molecule has 0 atom stereocenters. The van der Waals surface area contributed by atoms with Crippen LogP contribution in [-0.2, 0) is 13.1 Å². The van der Waals surface area contributed by atoms with Crippen LogP contribution in [0.2, 0.25) is 5.02 Å². The number of nitrogens with zero attached hydrogens (tertiary/aromatic N) is 2. The third-order valence-corrected chi connectivity index (χ3v) is 6.05. The molecule has 3 aromatic rings. The molecule has 0 saturated heterocycles. The summed E-state index contributed by atoms with van der Waals surface area (Å²) in [6.45, 7) is 5.50. The predicted molar refractivity (Wildman–Crippen MR) is 130 cm³/mol. The second kappa shape index (κ2) is 10.1. The van der Waals surface area contributed by atoms with Gasteiger partial charge in [0.15, 0.2) is 0 Å². The Morgan fingerprint density at radius 1 is 1.03 bits per heavy atom. The monoisotopic (exact) mass is 464 g/mol. The maximum Gasteiger partial charge on any atom is 0.270 e. The largest absolute Gasteiger partial charge is 0.370 e. The van der Waals surface area contributed by atoms with Crippen LogP contribution in [0.4, 0.5) is 4.39 Å². The third kappa shape index (κ3) is 5.76. The smallest absolute Gasteiger partial charge is 0.270 e. The van der Waals surface area contributed by atoms with E-state index in [1.54, 1.807) is 12.1 Å². The van der Waals surface area contributed by atoms with E-state index in [0.717, 1.165) is 53.0 Å². The number of nitrogens with one attached hydrogen (secondary N) is 2. The number of aliphatic imine (C=N–C) groups is 1. The number of benzene rings is 2. The molecule has 2 aromatic carbocycles. The number of hydrogen-bond donors (Lipinski definition) is 2. The Kier molecular flexibility index (Phi) is 7.04. The van der Waals surface area contributed by atoms with Gasteiger partial charge in [0.1, 0.15) is 11.5 Å². The number of carbonyl (C=O) groups is 1. The van der Waals surface area contributed by atoms with Crippen molar-refractivity contribution in [2.75, 3.05) is 6.54 Å². The Morgan fingerprint density at radius 3 is 2.61 bits per heavy atom. The van der Waals surface area contributed by atoms with E-state index in [9.17, 15) is 9.18 Å². The lowest BCUT2D eigenvalue weighted by Gasteiger charge is -2.13. The fraction of sp³-hybridized carbons (Fsp3) is 0.269. The molecular formula is C26H26ClFN4O. The number of hydrogen-bond acceptors (Lipinski definition) is 4. The first-order valence-corrected chi connectivity index (χ1v) is 11.3. The average Bonchev–Trinajstić information content (AvgIpc) is 3.32. The fourth-order valence-electron chi connectivity index (χ4n) is 3.84. The van der Waals surface area contributed by atoms with Crippen LogP contribution in [0.1, 0.15) is 45.6 Å². The van der Waals surface area contributed by atoms with E-state index < -0.39 is 0 Å². The number of carbonyl (C=O) groups excluding carboxylic acids is 1. The zero-order chi connectivity index (χ0) is 23.4. The molecule has 0 aliphatic carbocycles. The summed E-state index contributed by atoms with van der Waals surface area (Å²) in [7, 11) is 0. The van der Waals surface area contributed by atoms with Gasteiger partial charge in [-0.05, 0) is 78.9 Å². The number of amidine groups is 1. The van der Waals surface area contributed by atoms with Crippen LogP contribution in [0.15, 0.2) is 53.5 Å². The van der Waals surface area contributed by atoms with Crippen LogP contribution in [0, 0.1) is 19.7 Å². The second-order valence-corrected chi connectivity index (χ2v) is 8.66. The lowest BCUT2D eigenvalue weighted by molar-refractivity contribution is 0.0946. The molecule has 0 unspecified atom stereocenters. The second-order valence-electron chi connectivity index (χ2n) is 8.26. The minimum atomic E-state index is -0.301. The van der Waals surface area contributed by atoms with Gasteiger partial charge in [0.05, 0.1) is 11.5 Å². The molecule has 1 amide bonds. The zero-order valence-corrected chi connectivity index (χ0v) is 19.5. The van der Waals surface area contributed by atoms with E-state index in [-0.39, 0.29) is 11.7 Å². The summed E-state index contributed by atoms with van der Waals surface area (Å²) in [5, 5.41) is 6.99. The Morgan fingerprint density at radius 2 is 1.88 bits per heavy atom. The number of aromatic nitrogens is 1. The van der Waals surface area contributed by atoms with Crippen LogP contribution in [0.3, 0.4) is 0 Å². The van der Waals surface area contributed by atoms with Crippen molar-refractivity contribution in [2.24, 2.45) is 4.99 Å². The number of pyridine rings is 1. The van der Waals surface area contributed by atoms with Gasteiger partial charge in [-0.25, -0.2) is 9.37 Å². The molecular weight excluding hydrogens is 439 g/mol. The SMILES string of the molecule is Cc1cc(CNC(=O)c2cc(CNC3=NCCC3)cc(-c3ccc(F)cc3C)n2)ccc1Cl. The van der Waals surface area contributed by atoms with Crippen LogP contribution >= 0.6 is 11.6 Å². The fourth-order valence-corrected chi connectivity index (χ4v) is 3.95. The molecule has 0 spiro atoms. The highest BCUT2D eigenvalue weighted by atomic mass is 35.5. The van der Waals surface area contributed by atoms with E-state index in [2.05, 4.69) is 20.6 Å². The molecule has 5 nitrogen and oxygen atoms in total. The molecule has 2 heterocycles. The molecule has 2 N–H and O–H groups in total.